The molecule has 0 atom stereocenters. The summed E-state index contributed by atoms with van der Waals surface area (Å²) in [4.78, 5) is 27.0. The molecule has 0 spiro atoms. The summed E-state index contributed by atoms with van der Waals surface area (Å²) in [6, 6.07) is 7.76. The van der Waals surface area contributed by atoms with Crippen LogP contribution in [0.25, 0.3) is 0 Å². The van der Waals surface area contributed by atoms with Crippen molar-refractivity contribution in [1.82, 2.24) is 9.80 Å². The molecule has 0 aromatic heterocycles. The van der Waals surface area contributed by atoms with E-state index in [4.69, 9.17) is 0 Å². The summed E-state index contributed by atoms with van der Waals surface area (Å²) < 4.78 is 4.69. The van der Waals surface area contributed by atoms with Crippen LogP contribution in [0.1, 0.15) is 26.3 Å². The van der Waals surface area contributed by atoms with E-state index in [1.54, 1.807) is 9.80 Å². The van der Waals surface area contributed by atoms with E-state index in [1.165, 1.54) is 12.7 Å². The number of piperazine rings is 1. The lowest BCUT2D eigenvalue weighted by atomic mass is 9.87. The van der Waals surface area contributed by atoms with Gasteiger partial charge in [0.1, 0.15) is 0 Å². The molecule has 126 valence electrons. The van der Waals surface area contributed by atoms with Crippen molar-refractivity contribution in [1.29, 1.82) is 0 Å². The number of methoxy groups -OCH3 is 1. The molecule has 2 rings (SSSR count). The van der Waals surface area contributed by atoms with E-state index in [0.717, 1.165) is 5.69 Å². The minimum absolute atomic E-state index is 0.0900. The summed E-state index contributed by atoms with van der Waals surface area (Å²) in [6.07, 6.45) is -0.345. The van der Waals surface area contributed by atoms with Crippen LogP contribution in [0.15, 0.2) is 24.3 Å². The van der Waals surface area contributed by atoms with Crippen LogP contribution >= 0.6 is 0 Å². The number of hydrogen-bond acceptors (Lipinski definition) is 3. The average molecular weight is 319 g/mol. The fourth-order valence-corrected chi connectivity index (χ4v) is 2.48. The number of benzene rings is 1. The molecule has 6 heteroatoms. The molecule has 6 nitrogen and oxygen atoms in total. The normalized spacial score (nSPS) is 15.3. The van der Waals surface area contributed by atoms with Crippen molar-refractivity contribution >= 4 is 17.8 Å². The number of nitrogens with zero attached hydrogens (tertiary/aromatic N) is 2. The Morgan fingerprint density at radius 3 is 2.00 bits per heavy atom. The van der Waals surface area contributed by atoms with E-state index < -0.39 is 0 Å². The molecule has 1 saturated heterocycles. The van der Waals surface area contributed by atoms with Gasteiger partial charge in [-0.05, 0) is 23.1 Å². The summed E-state index contributed by atoms with van der Waals surface area (Å²) in [7, 11) is 1.36. The molecule has 1 aliphatic heterocycles. The summed E-state index contributed by atoms with van der Waals surface area (Å²) in [6.45, 7) is 8.44. The van der Waals surface area contributed by atoms with Gasteiger partial charge < -0.3 is 19.9 Å². The molecule has 1 aromatic carbocycles. The maximum absolute atomic E-state index is 12.3. The standard InChI is InChI=1S/C17H25N3O3/c1-17(2,3)13-5-7-14(8-6-13)18-15(21)19-9-11-20(12-10-19)16(22)23-4/h5-8H,9-12H2,1-4H3,(H,18,21). The van der Waals surface area contributed by atoms with Crippen LogP contribution in [-0.4, -0.2) is 55.2 Å². The highest BCUT2D eigenvalue weighted by atomic mass is 16.5. The number of amides is 3. The minimum Gasteiger partial charge on any atom is -0.453 e. The Morgan fingerprint density at radius 2 is 1.52 bits per heavy atom. The highest BCUT2D eigenvalue weighted by Gasteiger charge is 2.24. The second kappa shape index (κ2) is 6.89. The quantitative estimate of drug-likeness (QED) is 0.866. The van der Waals surface area contributed by atoms with Gasteiger partial charge in [0.25, 0.3) is 0 Å². The Balaban J connectivity index is 1.89. The molecule has 0 radical (unpaired) electrons. The molecule has 0 unspecified atom stereocenters. The van der Waals surface area contributed by atoms with E-state index >= 15 is 0 Å². The van der Waals surface area contributed by atoms with E-state index in [0.29, 0.717) is 26.2 Å². The van der Waals surface area contributed by atoms with Crippen molar-refractivity contribution in [3.05, 3.63) is 29.8 Å². The summed E-state index contributed by atoms with van der Waals surface area (Å²) in [5.41, 5.74) is 2.09. The van der Waals surface area contributed by atoms with Gasteiger partial charge in [-0.15, -0.1) is 0 Å². The summed E-state index contributed by atoms with van der Waals surface area (Å²) in [5, 5.41) is 2.90. The smallest absolute Gasteiger partial charge is 0.409 e. The fourth-order valence-electron chi connectivity index (χ4n) is 2.48. The number of urea groups is 1. The molecule has 3 amide bonds. The third-order valence-corrected chi connectivity index (χ3v) is 4.00. The maximum Gasteiger partial charge on any atom is 0.409 e. The van der Waals surface area contributed by atoms with Gasteiger partial charge in [0.05, 0.1) is 7.11 Å². The fraction of sp³-hybridized carbons (Fsp3) is 0.529. The molecule has 1 aliphatic rings. The van der Waals surface area contributed by atoms with Gasteiger partial charge in [-0.25, -0.2) is 9.59 Å². The van der Waals surface area contributed by atoms with Crippen molar-refractivity contribution in [2.24, 2.45) is 0 Å². The Kier molecular flexibility index (Phi) is 5.13. The van der Waals surface area contributed by atoms with Crippen LogP contribution < -0.4 is 5.32 Å². The van der Waals surface area contributed by atoms with Gasteiger partial charge in [-0.2, -0.15) is 0 Å². The number of anilines is 1. The number of rotatable bonds is 1. The lowest BCUT2D eigenvalue weighted by molar-refractivity contribution is 0.0992. The van der Waals surface area contributed by atoms with Gasteiger partial charge in [-0.3, -0.25) is 0 Å². The first-order chi connectivity index (χ1) is 10.8. The van der Waals surface area contributed by atoms with Gasteiger partial charge in [0, 0.05) is 31.9 Å². The zero-order chi connectivity index (χ0) is 17.0. The molecular weight excluding hydrogens is 294 g/mol. The zero-order valence-corrected chi connectivity index (χ0v) is 14.3. The molecule has 1 fully saturated rings. The van der Waals surface area contributed by atoms with Gasteiger partial charge in [0.2, 0.25) is 0 Å². The van der Waals surface area contributed by atoms with Crippen LogP contribution in [0.5, 0.6) is 0 Å². The third-order valence-electron chi connectivity index (χ3n) is 4.00. The predicted octanol–water partition coefficient (Wildman–Crippen LogP) is 2.90. The summed E-state index contributed by atoms with van der Waals surface area (Å²) in [5.74, 6) is 0. The molecule has 23 heavy (non-hydrogen) atoms. The van der Waals surface area contributed by atoms with E-state index in [-0.39, 0.29) is 17.5 Å². The van der Waals surface area contributed by atoms with Crippen molar-refractivity contribution in [2.75, 3.05) is 38.6 Å². The first-order valence-corrected chi connectivity index (χ1v) is 7.80. The number of ether oxygens (including phenoxy) is 1. The minimum atomic E-state index is -0.345. The Morgan fingerprint density at radius 1 is 1.00 bits per heavy atom. The first-order valence-electron chi connectivity index (χ1n) is 7.80. The van der Waals surface area contributed by atoms with Crippen LogP contribution in [0.2, 0.25) is 0 Å². The lowest BCUT2D eigenvalue weighted by Gasteiger charge is -2.33. The Bertz CT molecular complexity index is 555. The monoisotopic (exact) mass is 319 g/mol. The van der Waals surface area contributed by atoms with Gasteiger partial charge in [-0.1, -0.05) is 32.9 Å². The molecule has 0 bridgehead atoms. The van der Waals surface area contributed by atoms with Crippen LogP contribution in [-0.2, 0) is 10.2 Å². The van der Waals surface area contributed by atoms with Gasteiger partial charge in [0.15, 0.2) is 0 Å². The molecule has 1 aromatic rings. The van der Waals surface area contributed by atoms with Crippen molar-refractivity contribution in [2.45, 2.75) is 26.2 Å². The molecule has 1 heterocycles. The number of carbonyl (C=O) groups is 2. The third kappa shape index (κ3) is 4.37. The second-order valence-corrected chi connectivity index (χ2v) is 6.70. The Hall–Kier alpha value is -2.24. The topological polar surface area (TPSA) is 61.9 Å². The Labute approximate surface area is 137 Å². The number of nitrogens with one attached hydrogen (secondary N) is 1. The van der Waals surface area contributed by atoms with Crippen molar-refractivity contribution in [3.63, 3.8) is 0 Å². The molecule has 1 N–H and O–H groups in total. The second-order valence-electron chi connectivity index (χ2n) is 6.70. The van der Waals surface area contributed by atoms with Crippen LogP contribution in [0.4, 0.5) is 15.3 Å². The largest absolute Gasteiger partial charge is 0.453 e. The van der Waals surface area contributed by atoms with E-state index in [1.807, 2.05) is 24.3 Å². The maximum atomic E-state index is 12.3. The average Bonchev–Trinajstić information content (AvgIpc) is 2.54. The number of hydrogen-bond donors (Lipinski definition) is 1. The predicted molar refractivity (Wildman–Crippen MR) is 89.7 cm³/mol. The molecule has 0 saturated carbocycles. The highest BCUT2D eigenvalue weighted by molar-refractivity contribution is 5.89. The van der Waals surface area contributed by atoms with Gasteiger partial charge >= 0.3 is 12.1 Å². The first kappa shape index (κ1) is 17.1. The molecule has 0 aliphatic carbocycles. The van der Waals surface area contributed by atoms with Crippen LogP contribution in [0.3, 0.4) is 0 Å². The van der Waals surface area contributed by atoms with Crippen LogP contribution in [0, 0.1) is 0 Å². The number of carbonyl (C=O) groups excluding carboxylic acids is 2. The van der Waals surface area contributed by atoms with E-state index in [2.05, 4.69) is 30.8 Å². The summed E-state index contributed by atoms with van der Waals surface area (Å²) >= 11 is 0. The van der Waals surface area contributed by atoms with Crippen molar-refractivity contribution < 1.29 is 14.3 Å². The van der Waals surface area contributed by atoms with Crippen molar-refractivity contribution in [3.8, 4) is 0 Å². The van der Waals surface area contributed by atoms with E-state index in [9.17, 15) is 9.59 Å². The lowest BCUT2D eigenvalue weighted by Crippen LogP contribution is -2.51. The molecular formula is C17H25N3O3. The zero-order valence-electron chi connectivity index (χ0n) is 14.3. The SMILES string of the molecule is COC(=O)N1CCN(C(=O)Nc2ccc(C(C)(C)C)cc2)CC1. The highest BCUT2D eigenvalue weighted by Crippen LogP contribution is 2.23.